The van der Waals surface area contributed by atoms with Crippen LogP contribution in [0.2, 0.25) is 0 Å². The molecule has 0 bridgehead atoms. The normalized spacial score (nSPS) is 19.7. The summed E-state index contributed by atoms with van der Waals surface area (Å²) in [6, 6.07) is 11.7. The second-order valence-electron chi connectivity index (χ2n) is 10.3. The third-order valence-corrected chi connectivity index (χ3v) is 7.31. The Morgan fingerprint density at radius 3 is 2.69 bits per heavy atom. The third-order valence-electron chi connectivity index (χ3n) is 7.31. The van der Waals surface area contributed by atoms with E-state index in [4.69, 9.17) is 14.2 Å². The van der Waals surface area contributed by atoms with Crippen LogP contribution in [0.1, 0.15) is 51.3 Å². The minimum atomic E-state index is -0.192. The zero-order valence-corrected chi connectivity index (χ0v) is 21.5. The van der Waals surface area contributed by atoms with Gasteiger partial charge in [0.15, 0.2) is 0 Å². The Labute approximate surface area is 211 Å². The first-order chi connectivity index (χ1) is 17.3. The van der Waals surface area contributed by atoms with Gasteiger partial charge in [0.25, 0.3) is 5.89 Å². The first-order valence-electron chi connectivity index (χ1n) is 12.7. The molecule has 8 nitrogen and oxygen atoms in total. The molecular weight excluding hydrogens is 456 g/mol. The lowest BCUT2D eigenvalue weighted by Crippen LogP contribution is -2.43. The van der Waals surface area contributed by atoms with Crippen LogP contribution < -0.4 is 10.1 Å². The maximum atomic E-state index is 12.9. The number of carbonyl (C=O) groups is 1. The molecule has 3 atom stereocenters. The summed E-state index contributed by atoms with van der Waals surface area (Å²) in [5.41, 5.74) is 4.87. The minimum absolute atomic E-state index is 0.0231. The van der Waals surface area contributed by atoms with E-state index >= 15 is 0 Å². The number of aromatic nitrogens is 2. The minimum Gasteiger partial charge on any atom is -0.489 e. The lowest BCUT2D eigenvalue weighted by molar-refractivity contribution is -0.133. The number of ether oxygens (including phenoxy) is 1. The maximum absolute atomic E-state index is 12.9. The van der Waals surface area contributed by atoms with Crippen LogP contribution in [-0.4, -0.2) is 51.9 Å². The first kappa shape index (κ1) is 24.3. The van der Waals surface area contributed by atoms with Gasteiger partial charge in [-0.2, -0.15) is 4.98 Å². The van der Waals surface area contributed by atoms with E-state index in [1.807, 2.05) is 56.1 Å². The van der Waals surface area contributed by atoms with Crippen LogP contribution in [0.25, 0.3) is 22.8 Å². The molecule has 2 heterocycles. The highest BCUT2D eigenvalue weighted by Crippen LogP contribution is 2.50. The second kappa shape index (κ2) is 9.58. The standard InChI is InChI=1S/C28H34N4O4/c1-15(2)23(14-33)32-25(34)13-18-11-21-19(26(18)32)7-6-8-20(21)27-30-28(36-31-27)17-9-10-24(35-16(3)4)22(12-17)29-5/h6-10,12,15-16,18,23,26,29,33H,11,13-14H2,1-5H3/t18-,23+,26?/m1/s1. The highest BCUT2D eigenvalue weighted by Gasteiger charge is 2.49. The molecule has 3 aromatic rings. The topological polar surface area (TPSA) is 101 Å². The van der Waals surface area contributed by atoms with Crippen LogP contribution >= 0.6 is 0 Å². The molecule has 1 amide bonds. The van der Waals surface area contributed by atoms with Crippen molar-refractivity contribution in [1.82, 2.24) is 15.0 Å². The average molecular weight is 491 g/mol. The largest absolute Gasteiger partial charge is 0.489 e. The number of hydrogen-bond acceptors (Lipinski definition) is 7. The van der Waals surface area contributed by atoms with E-state index in [0.717, 1.165) is 40.1 Å². The van der Waals surface area contributed by atoms with Crippen molar-refractivity contribution in [2.45, 2.75) is 58.7 Å². The number of amides is 1. The molecule has 1 aliphatic carbocycles. The van der Waals surface area contributed by atoms with E-state index in [1.54, 1.807) is 0 Å². The van der Waals surface area contributed by atoms with Gasteiger partial charge in [0.1, 0.15) is 5.75 Å². The molecule has 36 heavy (non-hydrogen) atoms. The van der Waals surface area contributed by atoms with Crippen LogP contribution in [0.5, 0.6) is 5.75 Å². The molecule has 0 radical (unpaired) electrons. The Morgan fingerprint density at radius 1 is 1.19 bits per heavy atom. The molecule has 1 fully saturated rings. The molecule has 2 N–H and O–H groups in total. The summed E-state index contributed by atoms with van der Waals surface area (Å²) in [5, 5.41) is 17.5. The molecule has 1 saturated heterocycles. The molecule has 190 valence electrons. The number of aliphatic hydroxyl groups excluding tert-OH is 1. The van der Waals surface area contributed by atoms with Gasteiger partial charge >= 0.3 is 0 Å². The van der Waals surface area contributed by atoms with Gasteiger partial charge in [0.05, 0.1) is 30.5 Å². The van der Waals surface area contributed by atoms with E-state index < -0.39 is 0 Å². The summed E-state index contributed by atoms with van der Waals surface area (Å²) >= 11 is 0. The van der Waals surface area contributed by atoms with E-state index in [1.165, 1.54) is 0 Å². The molecule has 5 rings (SSSR count). The molecule has 1 unspecified atom stereocenters. The zero-order valence-electron chi connectivity index (χ0n) is 21.5. The highest BCUT2D eigenvalue weighted by atomic mass is 16.5. The molecule has 1 aliphatic heterocycles. The Balaban J connectivity index is 1.48. The van der Waals surface area contributed by atoms with Crippen molar-refractivity contribution in [2.75, 3.05) is 19.0 Å². The van der Waals surface area contributed by atoms with E-state index in [9.17, 15) is 9.90 Å². The van der Waals surface area contributed by atoms with Crippen molar-refractivity contribution >= 4 is 11.6 Å². The number of carbonyl (C=O) groups excluding carboxylic acids is 1. The molecule has 0 spiro atoms. The van der Waals surface area contributed by atoms with Crippen molar-refractivity contribution in [2.24, 2.45) is 11.8 Å². The molecule has 1 aromatic heterocycles. The monoisotopic (exact) mass is 490 g/mol. The van der Waals surface area contributed by atoms with Gasteiger partial charge in [0, 0.05) is 24.6 Å². The Morgan fingerprint density at radius 2 is 2.00 bits per heavy atom. The first-order valence-corrected chi connectivity index (χ1v) is 12.7. The third kappa shape index (κ3) is 4.13. The number of anilines is 1. The number of nitrogens with zero attached hydrogens (tertiary/aromatic N) is 3. The maximum Gasteiger partial charge on any atom is 0.258 e. The zero-order chi connectivity index (χ0) is 25.6. The summed E-state index contributed by atoms with van der Waals surface area (Å²) in [6.45, 7) is 8.05. The van der Waals surface area contributed by atoms with Crippen molar-refractivity contribution < 1.29 is 19.2 Å². The number of nitrogens with one attached hydrogen (secondary N) is 1. The Bertz CT molecular complexity index is 1270. The fourth-order valence-corrected chi connectivity index (χ4v) is 5.67. The molecule has 2 aromatic carbocycles. The number of fused-ring (bicyclic) bond motifs is 3. The molecule has 8 heteroatoms. The van der Waals surface area contributed by atoms with Gasteiger partial charge in [-0.3, -0.25) is 4.79 Å². The van der Waals surface area contributed by atoms with Crippen LogP contribution in [0.4, 0.5) is 5.69 Å². The van der Waals surface area contributed by atoms with Gasteiger partial charge < -0.3 is 24.6 Å². The summed E-state index contributed by atoms with van der Waals surface area (Å²) in [4.78, 5) is 19.6. The van der Waals surface area contributed by atoms with Crippen LogP contribution in [0.3, 0.4) is 0 Å². The number of benzene rings is 2. The number of hydrogen-bond donors (Lipinski definition) is 2. The molecule has 2 aliphatic rings. The number of aliphatic hydroxyl groups is 1. The summed E-state index contributed by atoms with van der Waals surface area (Å²) in [6.07, 6.45) is 1.35. The number of rotatable bonds is 8. The Hall–Kier alpha value is -3.39. The van der Waals surface area contributed by atoms with E-state index in [2.05, 4.69) is 30.4 Å². The van der Waals surface area contributed by atoms with E-state index in [-0.39, 0.29) is 42.5 Å². The van der Waals surface area contributed by atoms with Gasteiger partial charge in [-0.15, -0.1) is 0 Å². The van der Waals surface area contributed by atoms with Gasteiger partial charge in [-0.25, -0.2) is 0 Å². The number of likely N-dealkylation sites (tertiary alicyclic amines) is 1. The van der Waals surface area contributed by atoms with Crippen molar-refractivity contribution in [3.63, 3.8) is 0 Å². The Kier molecular flexibility index (Phi) is 6.47. The SMILES string of the molecule is CNc1cc(-c2nc(-c3cccc4c3C[C@@H]3CC(=O)N([C@@H](CO)C(C)C)C43)no2)ccc1OC(C)C. The fraction of sp³-hybridized carbons (Fsp3) is 0.464. The molecular formula is C28H34N4O4. The highest BCUT2D eigenvalue weighted by molar-refractivity contribution is 5.82. The van der Waals surface area contributed by atoms with Crippen LogP contribution in [0, 0.1) is 11.8 Å². The predicted octanol–water partition coefficient (Wildman–Crippen LogP) is 4.70. The van der Waals surface area contributed by atoms with Crippen LogP contribution in [-0.2, 0) is 11.2 Å². The van der Waals surface area contributed by atoms with Crippen molar-refractivity contribution in [3.05, 3.63) is 47.5 Å². The quantitative estimate of drug-likeness (QED) is 0.472. The summed E-state index contributed by atoms with van der Waals surface area (Å²) < 4.78 is 11.5. The predicted molar refractivity (Wildman–Crippen MR) is 138 cm³/mol. The second-order valence-corrected chi connectivity index (χ2v) is 10.3. The summed E-state index contributed by atoms with van der Waals surface area (Å²) in [7, 11) is 1.85. The van der Waals surface area contributed by atoms with Crippen molar-refractivity contribution in [1.29, 1.82) is 0 Å². The lowest BCUT2D eigenvalue weighted by Gasteiger charge is -2.35. The summed E-state index contributed by atoms with van der Waals surface area (Å²) in [5.74, 6) is 2.23. The fourth-order valence-electron chi connectivity index (χ4n) is 5.67. The van der Waals surface area contributed by atoms with E-state index in [0.29, 0.717) is 18.1 Å². The van der Waals surface area contributed by atoms with Gasteiger partial charge in [-0.05, 0) is 61.4 Å². The van der Waals surface area contributed by atoms with Crippen molar-refractivity contribution in [3.8, 4) is 28.6 Å². The van der Waals surface area contributed by atoms with Crippen LogP contribution in [0.15, 0.2) is 40.9 Å². The van der Waals surface area contributed by atoms with Gasteiger partial charge in [0.2, 0.25) is 11.7 Å². The average Bonchev–Trinajstić information content (AvgIpc) is 3.54. The smallest absolute Gasteiger partial charge is 0.258 e. The van der Waals surface area contributed by atoms with Gasteiger partial charge in [-0.1, -0.05) is 37.2 Å². The molecule has 0 saturated carbocycles. The lowest BCUT2D eigenvalue weighted by atomic mass is 9.97.